The zero-order valence-electron chi connectivity index (χ0n) is 20.2. The minimum Gasteiger partial charge on any atom is -0.335 e. The van der Waals surface area contributed by atoms with Crippen molar-refractivity contribution in [1.29, 1.82) is 0 Å². The number of amides is 1. The fraction of sp³-hybridized carbons (Fsp3) is 0.267. The Morgan fingerprint density at radius 3 is 2.63 bits per heavy atom. The average Bonchev–Trinajstić information content (AvgIpc) is 3.39. The van der Waals surface area contributed by atoms with Gasteiger partial charge in [0.2, 0.25) is 0 Å². The second kappa shape index (κ2) is 9.04. The van der Waals surface area contributed by atoms with Gasteiger partial charge in [-0.25, -0.2) is 0 Å². The van der Waals surface area contributed by atoms with Crippen molar-refractivity contribution in [3.05, 3.63) is 100 Å². The molecule has 35 heavy (non-hydrogen) atoms. The topological polar surface area (TPSA) is 35.9 Å². The Balaban J connectivity index is 1.31. The smallest absolute Gasteiger partial charge is 0.280 e. The van der Waals surface area contributed by atoms with Crippen molar-refractivity contribution < 1.29 is 4.79 Å². The van der Waals surface area contributed by atoms with Gasteiger partial charge in [0, 0.05) is 11.4 Å². The third-order valence-corrected chi connectivity index (χ3v) is 8.42. The summed E-state index contributed by atoms with van der Waals surface area (Å²) in [5, 5.41) is 7.45. The third-order valence-electron chi connectivity index (χ3n) is 7.31. The van der Waals surface area contributed by atoms with Gasteiger partial charge in [0.1, 0.15) is 0 Å². The van der Waals surface area contributed by atoms with Crippen LogP contribution in [-0.2, 0) is 4.79 Å². The molecule has 0 N–H and O–H groups in total. The van der Waals surface area contributed by atoms with E-state index in [-0.39, 0.29) is 5.91 Å². The molecule has 2 aromatic rings. The highest BCUT2D eigenvalue weighted by Gasteiger charge is 2.33. The number of para-hydroxylation sites is 2. The highest BCUT2D eigenvalue weighted by molar-refractivity contribution is 8.03. The summed E-state index contributed by atoms with van der Waals surface area (Å²) in [4.78, 5) is 17.1. The molecule has 176 valence electrons. The molecule has 1 unspecified atom stereocenters. The second-order valence-corrected chi connectivity index (χ2v) is 10.5. The van der Waals surface area contributed by atoms with Crippen LogP contribution in [0.5, 0.6) is 0 Å². The summed E-state index contributed by atoms with van der Waals surface area (Å²) in [5.74, 6) is 0.566. The van der Waals surface area contributed by atoms with Crippen LogP contribution in [-0.4, -0.2) is 18.2 Å². The van der Waals surface area contributed by atoms with E-state index in [1.165, 1.54) is 33.2 Å². The molecule has 0 aromatic heterocycles. The lowest BCUT2D eigenvalue weighted by molar-refractivity contribution is -0.114. The van der Waals surface area contributed by atoms with Gasteiger partial charge in [0.25, 0.3) is 5.91 Å². The van der Waals surface area contributed by atoms with Crippen LogP contribution < -0.4 is 9.91 Å². The molecule has 2 aromatic carbocycles. The minimum atomic E-state index is -0.0140. The van der Waals surface area contributed by atoms with Crippen LogP contribution in [0.15, 0.2) is 110 Å². The van der Waals surface area contributed by atoms with E-state index in [4.69, 9.17) is 0 Å². The summed E-state index contributed by atoms with van der Waals surface area (Å²) in [5.41, 5.74) is 7.57. The molecule has 0 saturated carbocycles. The van der Waals surface area contributed by atoms with Crippen molar-refractivity contribution >= 4 is 34.8 Å². The molecule has 0 spiro atoms. The van der Waals surface area contributed by atoms with Gasteiger partial charge in [-0.1, -0.05) is 54.2 Å². The van der Waals surface area contributed by atoms with E-state index in [1.807, 2.05) is 49.0 Å². The number of anilines is 2. The molecule has 0 bridgehead atoms. The van der Waals surface area contributed by atoms with Gasteiger partial charge in [-0.15, -0.1) is 0 Å². The van der Waals surface area contributed by atoms with E-state index in [9.17, 15) is 4.79 Å². The Hall–Kier alpha value is -3.31. The summed E-state index contributed by atoms with van der Waals surface area (Å²) < 4.78 is 0. The highest BCUT2D eigenvalue weighted by Crippen LogP contribution is 2.47. The number of thioether (sulfide) groups is 1. The monoisotopic (exact) mass is 479 g/mol. The molecular weight excluding hydrogens is 450 g/mol. The number of nitrogens with zero attached hydrogens (tertiary/aromatic N) is 3. The first kappa shape index (κ1) is 22.2. The molecule has 2 aliphatic carbocycles. The average molecular weight is 480 g/mol. The van der Waals surface area contributed by atoms with Crippen LogP contribution in [0.2, 0.25) is 0 Å². The molecular formula is C30H29N3OS. The van der Waals surface area contributed by atoms with Crippen molar-refractivity contribution in [1.82, 2.24) is 0 Å². The number of hydrogen-bond donors (Lipinski definition) is 0. The predicted molar refractivity (Wildman–Crippen MR) is 146 cm³/mol. The fourth-order valence-electron chi connectivity index (χ4n) is 5.56. The molecule has 2 heterocycles. The van der Waals surface area contributed by atoms with Crippen LogP contribution in [0.4, 0.5) is 11.4 Å². The van der Waals surface area contributed by atoms with Gasteiger partial charge in [-0.05, 0) is 92.5 Å². The van der Waals surface area contributed by atoms with Crippen LogP contribution in [0.1, 0.15) is 39.5 Å². The van der Waals surface area contributed by atoms with Crippen molar-refractivity contribution in [3.63, 3.8) is 0 Å². The third kappa shape index (κ3) is 3.98. The Morgan fingerprint density at radius 2 is 1.80 bits per heavy atom. The van der Waals surface area contributed by atoms with Crippen molar-refractivity contribution in [2.75, 3.05) is 16.5 Å². The number of fused-ring (bicyclic) bond motifs is 2. The summed E-state index contributed by atoms with van der Waals surface area (Å²) in [7, 11) is 0. The van der Waals surface area contributed by atoms with E-state index in [2.05, 4.69) is 59.4 Å². The number of hydrazone groups is 1. The lowest BCUT2D eigenvalue weighted by Gasteiger charge is -2.29. The fourth-order valence-corrected chi connectivity index (χ4v) is 6.76. The first-order valence-corrected chi connectivity index (χ1v) is 13.3. The summed E-state index contributed by atoms with van der Waals surface area (Å²) in [6.07, 6.45) is 11.3. The number of allylic oxidation sites excluding steroid dienone is 6. The zero-order chi connectivity index (χ0) is 23.9. The largest absolute Gasteiger partial charge is 0.335 e. The Kier molecular flexibility index (Phi) is 5.73. The van der Waals surface area contributed by atoms with Gasteiger partial charge in [-0.2, -0.15) is 10.1 Å². The molecule has 4 nitrogen and oxygen atoms in total. The quantitative estimate of drug-likeness (QED) is 0.436. The predicted octanol–water partition coefficient (Wildman–Crippen LogP) is 7.24. The van der Waals surface area contributed by atoms with Crippen LogP contribution in [0.25, 0.3) is 0 Å². The normalized spacial score (nSPS) is 24.9. The molecule has 5 heteroatoms. The maximum absolute atomic E-state index is 13.3. The van der Waals surface area contributed by atoms with E-state index >= 15 is 0 Å². The number of carbonyl (C=O) groups is 1. The maximum Gasteiger partial charge on any atom is 0.280 e. The van der Waals surface area contributed by atoms with Crippen molar-refractivity contribution in [2.24, 2.45) is 11.0 Å². The zero-order valence-corrected chi connectivity index (χ0v) is 21.0. The van der Waals surface area contributed by atoms with E-state index < -0.39 is 0 Å². The maximum atomic E-state index is 13.3. The lowest BCUT2D eigenvalue weighted by atomic mass is 9.76. The lowest BCUT2D eigenvalue weighted by Crippen LogP contribution is -2.23. The minimum absolute atomic E-state index is 0.0140. The molecule has 1 amide bonds. The van der Waals surface area contributed by atoms with Crippen LogP contribution >= 0.6 is 11.8 Å². The van der Waals surface area contributed by atoms with Gasteiger partial charge in [0.05, 0.1) is 27.7 Å². The number of carbonyl (C=O) groups excluding carboxylic acids is 1. The highest BCUT2D eigenvalue weighted by atomic mass is 32.2. The van der Waals surface area contributed by atoms with E-state index in [0.29, 0.717) is 5.92 Å². The molecule has 2 aliphatic heterocycles. The Bertz CT molecular complexity index is 1350. The molecule has 4 aliphatic rings. The number of benzene rings is 2. The summed E-state index contributed by atoms with van der Waals surface area (Å²) in [6, 6.07) is 18.3. The second-order valence-electron chi connectivity index (χ2n) is 9.47. The van der Waals surface area contributed by atoms with E-state index in [0.717, 1.165) is 48.4 Å². The van der Waals surface area contributed by atoms with Crippen molar-refractivity contribution in [3.8, 4) is 0 Å². The standard InChI is InChI=1S/C30H29N3OS/c1-3-32-26-11-7-8-12-27(26)35-28(32)18-21-13-14-22-15-16-23(19-24(22)17-21)29-20(2)31-33(30(29)34)25-9-5-4-6-10-25/h4-12,17-19,22H,3,13-16H2,1-2H3/b28-18-,29-23-. The van der Waals surface area contributed by atoms with Crippen molar-refractivity contribution in [2.45, 2.75) is 44.4 Å². The molecule has 0 radical (unpaired) electrons. The van der Waals surface area contributed by atoms with E-state index in [1.54, 1.807) is 5.01 Å². The van der Waals surface area contributed by atoms with Gasteiger partial charge >= 0.3 is 0 Å². The number of hydrogen-bond acceptors (Lipinski definition) is 4. The molecule has 0 fully saturated rings. The summed E-state index contributed by atoms with van der Waals surface area (Å²) in [6.45, 7) is 5.13. The Labute approximate surface area is 211 Å². The van der Waals surface area contributed by atoms with Gasteiger partial charge in [0.15, 0.2) is 0 Å². The van der Waals surface area contributed by atoms with Crippen LogP contribution in [0.3, 0.4) is 0 Å². The Morgan fingerprint density at radius 1 is 1.03 bits per heavy atom. The molecule has 6 rings (SSSR count). The molecule has 1 atom stereocenters. The van der Waals surface area contributed by atoms with Gasteiger partial charge in [-0.3, -0.25) is 4.79 Å². The first-order valence-electron chi connectivity index (χ1n) is 12.5. The molecule has 0 saturated heterocycles. The van der Waals surface area contributed by atoms with Crippen LogP contribution in [0, 0.1) is 5.92 Å². The number of rotatable bonds is 3. The summed E-state index contributed by atoms with van der Waals surface area (Å²) >= 11 is 1.86. The first-order chi connectivity index (χ1) is 17.1. The van der Waals surface area contributed by atoms with Gasteiger partial charge < -0.3 is 4.90 Å². The SMILES string of the molecule is CCN1/C(=C/C2=CC3=C/C(=C4\C(=O)N(c5ccccc5)N=C4C)CCC3CC2)Sc2ccccc21.